The molecule has 2 nitrogen and oxygen atoms in total. The molecule has 0 bridgehead atoms. The van der Waals surface area contributed by atoms with Crippen LogP contribution in [0, 0.1) is 0 Å². The van der Waals surface area contributed by atoms with Gasteiger partial charge in [0.25, 0.3) is 0 Å². The van der Waals surface area contributed by atoms with Crippen LogP contribution >= 0.6 is 15.9 Å². The fourth-order valence-corrected chi connectivity index (χ4v) is 1.66. The molecular formula is C9H9BrF3NO. The lowest BCUT2D eigenvalue weighted by molar-refractivity contribution is -0.138. The second-order valence-electron chi connectivity index (χ2n) is 3.18. The first-order chi connectivity index (χ1) is 6.73. The normalized spacial score (nSPS) is 14.0. The summed E-state index contributed by atoms with van der Waals surface area (Å²) in [5.41, 5.74) is 4.43. The summed E-state index contributed by atoms with van der Waals surface area (Å²) in [6.45, 7) is 1.50. The Balaban J connectivity index is 3.42. The van der Waals surface area contributed by atoms with Crippen molar-refractivity contribution in [3.63, 3.8) is 0 Å². The summed E-state index contributed by atoms with van der Waals surface area (Å²) < 4.78 is 37.6. The Kier molecular flexibility index (Phi) is 3.30. The summed E-state index contributed by atoms with van der Waals surface area (Å²) >= 11 is 2.94. The number of aromatic hydroxyl groups is 1. The summed E-state index contributed by atoms with van der Waals surface area (Å²) in [7, 11) is 0. The molecule has 0 amide bonds. The highest BCUT2D eigenvalue weighted by molar-refractivity contribution is 9.10. The third-order valence-electron chi connectivity index (χ3n) is 1.90. The van der Waals surface area contributed by atoms with Crippen LogP contribution in [0.15, 0.2) is 16.6 Å². The summed E-state index contributed by atoms with van der Waals surface area (Å²) in [4.78, 5) is 0. The van der Waals surface area contributed by atoms with Gasteiger partial charge in [-0.05, 0) is 19.1 Å². The molecule has 0 fully saturated rings. The lowest BCUT2D eigenvalue weighted by atomic mass is 10.0. The summed E-state index contributed by atoms with van der Waals surface area (Å²) in [6, 6.07) is 1.53. The zero-order valence-electron chi connectivity index (χ0n) is 7.77. The van der Waals surface area contributed by atoms with Crippen LogP contribution in [0.4, 0.5) is 13.2 Å². The molecular weight excluding hydrogens is 275 g/mol. The molecule has 0 aliphatic carbocycles. The first-order valence-electron chi connectivity index (χ1n) is 4.08. The molecule has 0 unspecified atom stereocenters. The van der Waals surface area contributed by atoms with Crippen molar-refractivity contribution in [2.45, 2.75) is 19.1 Å². The Morgan fingerprint density at radius 2 is 1.93 bits per heavy atom. The molecule has 6 heteroatoms. The number of phenolic OH excluding ortho intramolecular Hbond substituents is 1. The maximum atomic E-state index is 12.5. The van der Waals surface area contributed by atoms with Crippen LogP contribution < -0.4 is 5.73 Å². The minimum atomic E-state index is -4.59. The minimum absolute atomic E-state index is 0.0664. The summed E-state index contributed by atoms with van der Waals surface area (Å²) in [5.74, 6) is -0.805. The van der Waals surface area contributed by atoms with Gasteiger partial charge in [-0.1, -0.05) is 15.9 Å². The number of alkyl halides is 3. The van der Waals surface area contributed by atoms with E-state index in [0.717, 1.165) is 6.07 Å². The van der Waals surface area contributed by atoms with Gasteiger partial charge >= 0.3 is 6.18 Å². The highest BCUT2D eigenvalue weighted by Gasteiger charge is 2.35. The van der Waals surface area contributed by atoms with Crippen LogP contribution in [0.1, 0.15) is 24.1 Å². The van der Waals surface area contributed by atoms with E-state index in [9.17, 15) is 18.3 Å². The Morgan fingerprint density at radius 1 is 1.40 bits per heavy atom. The van der Waals surface area contributed by atoms with Crippen LogP contribution in [0.3, 0.4) is 0 Å². The van der Waals surface area contributed by atoms with Crippen LogP contribution in [0.2, 0.25) is 0 Å². The largest absolute Gasteiger partial charge is 0.507 e. The van der Waals surface area contributed by atoms with Crippen LogP contribution in [0.25, 0.3) is 0 Å². The molecule has 0 saturated carbocycles. The van der Waals surface area contributed by atoms with Gasteiger partial charge in [0.1, 0.15) is 5.75 Å². The Bertz CT molecular complexity index is 376. The number of hydrogen-bond donors (Lipinski definition) is 2. The van der Waals surface area contributed by atoms with E-state index >= 15 is 0 Å². The van der Waals surface area contributed by atoms with Crippen molar-refractivity contribution in [3.8, 4) is 5.75 Å². The Hall–Kier alpha value is -0.750. The number of nitrogens with two attached hydrogens (primary N) is 1. The first-order valence-corrected chi connectivity index (χ1v) is 4.88. The molecule has 1 aromatic rings. The monoisotopic (exact) mass is 283 g/mol. The number of hydrogen-bond acceptors (Lipinski definition) is 2. The zero-order valence-corrected chi connectivity index (χ0v) is 9.35. The number of benzene rings is 1. The quantitative estimate of drug-likeness (QED) is 0.832. The third-order valence-corrected chi connectivity index (χ3v) is 2.36. The predicted octanol–water partition coefficient (Wildman–Crippen LogP) is 3.19. The predicted molar refractivity (Wildman–Crippen MR) is 53.4 cm³/mol. The lowest BCUT2D eigenvalue weighted by Crippen LogP contribution is -2.11. The molecule has 0 heterocycles. The van der Waals surface area contributed by atoms with Gasteiger partial charge in [0, 0.05) is 16.1 Å². The molecule has 1 atom stereocenters. The molecule has 1 aromatic carbocycles. The van der Waals surface area contributed by atoms with Crippen LogP contribution in [-0.4, -0.2) is 5.11 Å². The SMILES string of the molecule is C[C@@H](N)c1cc(Br)cc(C(F)(F)F)c1O. The highest BCUT2D eigenvalue weighted by Crippen LogP contribution is 2.40. The van der Waals surface area contributed by atoms with Crippen molar-refractivity contribution in [3.05, 3.63) is 27.7 Å². The smallest absolute Gasteiger partial charge is 0.420 e. The lowest BCUT2D eigenvalue weighted by Gasteiger charge is -2.15. The van der Waals surface area contributed by atoms with E-state index in [2.05, 4.69) is 15.9 Å². The van der Waals surface area contributed by atoms with Crippen molar-refractivity contribution in [1.29, 1.82) is 0 Å². The van der Waals surface area contributed by atoms with Crippen molar-refractivity contribution in [2.24, 2.45) is 5.73 Å². The van der Waals surface area contributed by atoms with E-state index in [0.29, 0.717) is 0 Å². The van der Waals surface area contributed by atoms with E-state index in [4.69, 9.17) is 5.73 Å². The fourth-order valence-electron chi connectivity index (χ4n) is 1.18. The highest BCUT2D eigenvalue weighted by atomic mass is 79.9. The topological polar surface area (TPSA) is 46.2 Å². The van der Waals surface area contributed by atoms with Crippen LogP contribution in [-0.2, 0) is 6.18 Å². The zero-order chi connectivity index (χ0) is 11.8. The number of phenols is 1. The maximum Gasteiger partial charge on any atom is 0.420 e. The van der Waals surface area contributed by atoms with Crippen molar-refractivity contribution in [1.82, 2.24) is 0 Å². The van der Waals surface area contributed by atoms with Gasteiger partial charge in [0.05, 0.1) is 5.56 Å². The second-order valence-corrected chi connectivity index (χ2v) is 4.09. The van der Waals surface area contributed by atoms with E-state index < -0.39 is 23.5 Å². The van der Waals surface area contributed by atoms with Gasteiger partial charge in [-0.25, -0.2) is 0 Å². The van der Waals surface area contributed by atoms with Gasteiger partial charge in [-0.15, -0.1) is 0 Å². The van der Waals surface area contributed by atoms with Gasteiger partial charge in [-0.3, -0.25) is 0 Å². The first kappa shape index (κ1) is 12.3. The van der Waals surface area contributed by atoms with E-state index in [1.807, 2.05) is 0 Å². The molecule has 84 valence electrons. The molecule has 15 heavy (non-hydrogen) atoms. The summed E-state index contributed by atoms with van der Waals surface area (Å²) in [6.07, 6.45) is -4.59. The van der Waals surface area contributed by atoms with Gasteiger partial charge in [0.15, 0.2) is 0 Å². The molecule has 0 aromatic heterocycles. The average Bonchev–Trinajstić information content (AvgIpc) is 2.06. The maximum absolute atomic E-state index is 12.5. The van der Waals surface area contributed by atoms with E-state index in [-0.39, 0.29) is 10.0 Å². The average molecular weight is 284 g/mol. The van der Waals surface area contributed by atoms with Crippen molar-refractivity contribution < 1.29 is 18.3 Å². The van der Waals surface area contributed by atoms with E-state index in [1.54, 1.807) is 0 Å². The third kappa shape index (κ3) is 2.63. The molecule has 0 spiro atoms. The van der Waals surface area contributed by atoms with Gasteiger partial charge < -0.3 is 10.8 Å². The Labute approximate surface area is 93.0 Å². The fraction of sp³-hybridized carbons (Fsp3) is 0.333. The van der Waals surface area contributed by atoms with Crippen molar-refractivity contribution >= 4 is 15.9 Å². The number of halogens is 4. The van der Waals surface area contributed by atoms with Gasteiger partial charge in [0.2, 0.25) is 0 Å². The van der Waals surface area contributed by atoms with Crippen molar-refractivity contribution in [2.75, 3.05) is 0 Å². The standard InChI is InChI=1S/C9H9BrF3NO/c1-4(14)6-2-5(10)3-7(8(6)15)9(11,12)13/h2-4,15H,14H2,1H3/t4-/m1/s1. The molecule has 3 N–H and O–H groups in total. The molecule has 0 radical (unpaired) electrons. The van der Waals surface area contributed by atoms with E-state index in [1.165, 1.54) is 13.0 Å². The molecule has 0 aliphatic heterocycles. The second kappa shape index (κ2) is 4.02. The Morgan fingerprint density at radius 3 is 2.33 bits per heavy atom. The summed E-state index contributed by atoms with van der Waals surface area (Å²) in [5, 5.41) is 9.40. The van der Waals surface area contributed by atoms with Crippen LogP contribution in [0.5, 0.6) is 5.75 Å². The molecule has 1 rings (SSSR count). The molecule has 0 aliphatic rings. The minimum Gasteiger partial charge on any atom is -0.507 e. The number of rotatable bonds is 1. The van der Waals surface area contributed by atoms with Gasteiger partial charge in [-0.2, -0.15) is 13.2 Å². The molecule has 0 saturated heterocycles.